The summed E-state index contributed by atoms with van der Waals surface area (Å²) < 4.78 is 42.8. The van der Waals surface area contributed by atoms with Crippen molar-refractivity contribution in [3.8, 4) is 5.75 Å². The standard InChI is InChI=1S/C21H20FIN4O4S/c22-12-2-3-15(18(6-12)31-19-10-30-9-17(19)28)26-21-20-14(23)7-13(8-16(20)24-11-25-21)27-32(29)4-1-5-32/h2-3,6-8,11,17,19,28H,1,4-5,9-10H2,(H,24,25,26)/t17-,19-/m1/s1. The van der Waals surface area contributed by atoms with Crippen molar-refractivity contribution in [1.82, 2.24) is 9.97 Å². The molecule has 3 aromatic rings. The zero-order chi connectivity index (χ0) is 22.3. The number of benzene rings is 2. The molecule has 32 heavy (non-hydrogen) atoms. The number of aliphatic hydroxyl groups excluding tert-OH is 1. The normalized spacial score (nSPS) is 21.8. The van der Waals surface area contributed by atoms with Crippen molar-refractivity contribution < 1.29 is 23.2 Å². The molecule has 5 rings (SSSR count). The van der Waals surface area contributed by atoms with E-state index in [4.69, 9.17) is 9.47 Å². The van der Waals surface area contributed by atoms with Crippen molar-refractivity contribution in [3.05, 3.63) is 46.0 Å². The molecule has 2 aliphatic heterocycles. The number of fused-ring (bicyclic) bond motifs is 1. The molecule has 1 aromatic heterocycles. The van der Waals surface area contributed by atoms with Crippen LogP contribution in [0.4, 0.5) is 21.6 Å². The number of nitrogens with one attached hydrogen (secondary N) is 1. The van der Waals surface area contributed by atoms with Gasteiger partial charge in [0.2, 0.25) is 0 Å². The molecule has 2 N–H and O–H groups in total. The molecule has 168 valence electrons. The Labute approximate surface area is 197 Å². The molecule has 2 aliphatic rings. The van der Waals surface area contributed by atoms with Gasteiger partial charge in [-0.25, -0.2) is 18.6 Å². The SMILES string of the molecule is O=S1(=Nc2cc(I)c3c(Nc4ccc(F)cc4O[C@@H]4COC[C@H]4O)ncnc3c2)CCC1. The minimum Gasteiger partial charge on any atom is -0.483 e. The number of aromatic nitrogens is 2. The van der Waals surface area contributed by atoms with Gasteiger partial charge in [-0.1, -0.05) is 0 Å². The van der Waals surface area contributed by atoms with Crippen LogP contribution in [0.2, 0.25) is 0 Å². The molecule has 0 saturated carbocycles. The van der Waals surface area contributed by atoms with Crippen LogP contribution in [0.3, 0.4) is 0 Å². The van der Waals surface area contributed by atoms with E-state index in [1.165, 1.54) is 18.5 Å². The summed E-state index contributed by atoms with van der Waals surface area (Å²) in [7, 11) is -2.13. The maximum atomic E-state index is 13.9. The number of rotatable bonds is 5. The molecule has 11 heteroatoms. The van der Waals surface area contributed by atoms with Crippen LogP contribution in [0.1, 0.15) is 6.42 Å². The second-order valence-electron chi connectivity index (χ2n) is 7.70. The number of anilines is 2. The molecule has 0 unspecified atom stereocenters. The van der Waals surface area contributed by atoms with Gasteiger partial charge in [0.15, 0.2) is 6.10 Å². The fourth-order valence-corrected chi connectivity index (χ4v) is 5.88. The van der Waals surface area contributed by atoms with Crippen LogP contribution in [0, 0.1) is 9.39 Å². The summed E-state index contributed by atoms with van der Waals surface area (Å²) >= 11 is 2.18. The third kappa shape index (κ3) is 4.38. The Balaban J connectivity index is 1.51. The highest BCUT2D eigenvalue weighted by atomic mass is 127. The molecule has 0 spiro atoms. The first-order valence-electron chi connectivity index (χ1n) is 10.1. The van der Waals surface area contributed by atoms with E-state index in [0.717, 1.165) is 15.4 Å². The van der Waals surface area contributed by atoms with Crippen molar-refractivity contribution >= 4 is 60.4 Å². The third-order valence-electron chi connectivity index (χ3n) is 5.35. The first kappa shape index (κ1) is 21.7. The van der Waals surface area contributed by atoms with Crippen molar-refractivity contribution in [1.29, 1.82) is 0 Å². The Morgan fingerprint density at radius 2 is 2.09 bits per heavy atom. The molecular weight excluding hydrogens is 550 g/mol. The van der Waals surface area contributed by atoms with E-state index < -0.39 is 27.8 Å². The smallest absolute Gasteiger partial charge is 0.150 e. The molecule has 0 radical (unpaired) electrons. The van der Waals surface area contributed by atoms with Crippen molar-refractivity contribution in [2.45, 2.75) is 18.6 Å². The van der Waals surface area contributed by atoms with Gasteiger partial charge in [-0.3, -0.25) is 0 Å². The van der Waals surface area contributed by atoms with Gasteiger partial charge >= 0.3 is 0 Å². The summed E-state index contributed by atoms with van der Waals surface area (Å²) in [5.74, 6) is 1.56. The average molecular weight is 570 g/mol. The van der Waals surface area contributed by atoms with Gasteiger partial charge in [0, 0.05) is 21.1 Å². The highest BCUT2D eigenvalue weighted by molar-refractivity contribution is 14.1. The molecule has 0 bridgehead atoms. The lowest BCUT2D eigenvalue weighted by Crippen LogP contribution is -2.30. The van der Waals surface area contributed by atoms with E-state index in [9.17, 15) is 13.7 Å². The van der Waals surface area contributed by atoms with E-state index in [-0.39, 0.29) is 19.0 Å². The van der Waals surface area contributed by atoms with Crippen molar-refractivity contribution in [2.75, 3.05) is 30.0 Å². The largest absolute Gasteiger partial charge is 0.483 e. The first-order valence-corrected chi connectivity index (χ1v) is 13.0. The van der Waals surface area contributed by atoms with E-state index in [1.807, 2.05) is 6.07 Å². The van der Waals surface area contributed by atoms with Gasteiger partial charge in [0.05, 0.1) is 45.2 Å². The van der Waals surface area contributed by atoms with Gasteiger partial charge < -0.3 is 19.9 Å². The van der Waals surface area contributed by atoms with Crippen LogP contribution in [0.15, 0.2) is 41.0 Å². The van der Waals surface area contributed by atoms with E-state index in [0.29, 0.717) is 34.2 Å². The fourth-order valence-electron chi connectivity index (χ4n) is 3.57. The van der Waals surface area contributed by atoms with Gasteiger partial charge in [-0.2, -0.15) is 4.36 Å². The van der Waals surface area contributed by atoms with Gasteiger partial charge in [0.1, 0.15) is 29.8 Å². The Kier molecular flexibility index (Phi) is 5.90. The molecule has 2 atom stereocenters. The zero-order valence-electron chi connectivity index (χ0n) is 16.8. The van der Waals surface area contributed by atoms with Crippen molar-refractivity contribution in [3.63, 3.8) is 0 Å². The summed E-state index contributed by atoms with van der Waals surface area (Å²) in [6.45, 7) is 0.401. The zero-order valence-corrected chi connectivity index (χ0v) is 19.8. The maximum Gasteiger partial charge on any atom is 0.150 e. The number of hydrogen-bond donors (Lipinski definition) is 2. The number of hydrogen-bond acceptors (Lipinski definition) is 8. The Bertz CT molecular complexity index is 1300. The minimum absolute atomic E-state index is 0.178. The lowest BCUT2D eigenvalue weighted by molar-refractivity contribution is 0.0736. The van der Waals surface area contributed by atoms with Crippen LogP contribution in [0.25, 0.3) is 10.9 Å². The minimum atomic E-state index is -2.13. The monoisotopic (exact) mass is 570 g/mol. The molecule has 2 aromatic carbocycles. The summed E-state index contributed by atoms with van der Waals surface area (Å²) in [6, 6.07) is 7.78. The Morgan fingerprint density at radius 1 is 1.25 bits per heavy atom. The number of ether oxygens (including phenoxy) is 2. The lowest BCUT2D eigenvalue weighted by Gasteiger charge is -2.19. The van der Waals surface area contributed by atoms with Gasteiger partial charge in [-0.15, -0.1) is 0 Å². The number of aliphatic hydroxyl groups is 1. The van der Waals surface area contributed by atoms with Crippen molar-refractivity contribution in [2.24, 2.45) is 4.36 Å². The first-order chi connectivity index (χ1) is 15.4. The molecule has 0 aliphatic carbocycles. The van der Waals surface area contributed by atoms with Gasteiger partial charge in [0.25, 0.3) is 0 Å². The van der Waals surface area contributed by atoms with Crippen LogP contribution in [0.5, 0.6) is 5.75 Å². The number of nitrogens with zero attached hydrogens (tertiary/aromatic N) is 3. The lowest BCUT2D eigenvalue weighted by atomic mass is 10.2. The van der Waals surface area contributed by atoms with E-state index in [1.54, 1.807) is 12.1 Å². The molecule has 8 nitrogen and oxygen atoms in total. The van der Waals surface area contributed by atoms with E-state index >= 15 is 0 Å². The maximum absolute atomic E-state index is 13.9. The highest BCUT2D eigenvalue weighted by Gasteiger charge is 2.29. The van der Waals surface area contributed by atoms with Crippen LogP contribution in [-0.2, 0) is 14.5 Å². The molecule has 2 fully saturated rings. The molecule has 2 saturated heterocycles. The molecule has 0 amide bonds. The predicted molar refractivity (Wildman–Crippen MR) is 128 cm³/mol. The Morgan fingerprint density at radius 3 is 2.81 bits per heavy atom. The summed E-state index contributed by atoms with van der Waals surface area (Å²) in [6.07, 6.45) is 0.996. The highest BCUT2D eigenvalue weighted by Crippen LogP contribution is 2.35. The third-order valence-corrected chi connectivity index (χ3v) is 8.60. The second-order valence-corrected chi connectivity index (χ2v) is 11.4. The molecule has 3 heterocycles. The number of halogens is 2. The predicted octanol–water partition coefficient (Wildman–Crippen LogP) is 3.76. The Hall–Kier alpha value is -2.09. The van der Waals surface area contributed by atoms with Crippen LogP contribution >= 0.6 is 22.6 Å². The van der Waals surface area contributed by atoms with Gasteiger partial charge in [-0.05, 0) is 53.3 Å². The van der Waals surface area contributed by atoms with Crippen LogP contribution < -0.4 is 10.1 Å². The summed E-state index contributed by atoms with van der Waals surface area (Å²) in [4.78, 5) is 8.73. The topological polar surface area (TPSA) is 106 Å². The summed E-state index contributed by atoms with van der Waals surface area (Å²) in [5.41, 5.74) is 1.78. The molecular formula is C21H20FIN4O4S. The fraction of sp³-hybridized carbons (Fsp3) is 0.333. The van der Waals surface area contributed by atoms with Crippen LogP contribution in [-0.4, -0.2) is 56.2 Å². The quantitative estimate of drug-likeness (QED) is 0.450. The summed E-state index contributed by atoms with van der Waals surface area (Å²) in [5, 5.41) is 14.0. The second kappa shape index (κ2) is 8.69. The average Bonchev–Trinajstić information content (AvgIpc) is 3.13. The van der Waals surface area contributed by atoms with E-state index in [2.05, 4.69) is 42.2 Å².